The predicted octanol–water partition coefficient (Wildman–Crippen LogP) is 4.52. The summed E-state index contributed by atoms with van der Waals surface area (Å²) in [6.45, 7) is 2.10. The quantitative estimate of drug-likeness (QED) is 0.724. The van der Waals surface area contributed by atoms with E-state index in [2.05, 4.69) is 28.0 Å². The predicted molar refractivity (Wildman–Crippen MR) is 80.6 cm³/mol. The number of nitrogens with zero attached hydrogens (tertiary/aromatic N) is 2. The average Bonchev–Trinajstić information content (AvgIpc) is 2.96. The molecule has 0 bridgehead atoms. The van der Waals surface area contributed by atoms with Gasteiger partial charge in [0.15, 0.2) is 0 Å². The van der Waals surface area contributed by atoms with Crippen LogP contribution in [0.4, 0.5) is 0 Å². The molecular formula is C14H22BrClN2. The molecule has 0 aromatic carbocycles. The maximum Gasteiger partial charge on any atom is 0.0849 e. The van der Waals surface area contributed by atoms with E-state index in [1.807, 2.05) is 11.7 Å². The van der Waals surface area contributed by atoms with Gasteiger partial charge in [-0.1, -0.05) is 47.3 Å². The Balaban J connectivity index is 1.95. The van der Waals surface area contributed by atoms with Gasteiger partial charge in [-0.3, -0.25) is 4.68 Å². The van der Waals surface area contributed by atoms with Crippen LogP contribution in [0.2, 0.25) is 5.02 Å². The topological polar surface area (TPSA) is 17.8 Å². The van der Waals surface area contributed by atoms with Crippen molar-refractivity contribution in [3.8, 4) is 0 Å². The van der Waals surface area contributed by atoms with Gasteiger partial charge in [0.25, 0.3) is 0 Å². The molecule has 0 amide bonds. The molecule has 2 rings (SSSR count). The second kappa shape index (κ2) is 6.42. The van der Waals surface area contributed by atoms with Crippen LogP contribution in [0.15, 0.2) is 0 Å². The molecular weight excluding hydrogens is 312 g/mol. The van der Waals surface area contributed by atoms with Crippen molar-refractivity contribution in [3.05, 3.63) is 16.4 Å². The largest absolute Gasteiger partial charge is 0.271 e. The molecule has 102 valence electrons. The number of alkyl halides is 1. The number of rotatable bonds is 5. The highest BCUT2D eigenvalue weighted by Crippen LogP contribution is 2.34. The van der Waals surface area contributed by atoms with Crippen LogP contribution in [0, 0.1) is 5.92 Å². The summed E-state index contributed by atoms with van der Waals surface area (Å²) in [4.78, 5) is 0.635. The minimum Gasteiger partial charge on any atom is -0.271 e. The van der Waals surface area contributed by atoms with Crippen LogP contribution < -0.4 is 0 Å². The molecule has 4 heteroatoms. The fourth-order valence-electron chi connectivity index (χ4n) is 2.92. The molecule has 0 aliphatic heterocycles. The Hall–Kier alpha value is -0.0200. The minimum absolute atomic E-state index is 0.635. The molecule has 1 atom stereocenters. The molecule has 1 aromatic rings. The van der Waals surface area contributed by atoms with E-state index in [0.717, 1.165) is 35.9 Å². The first-order valence-electron chi connectivity index (χ1n) is 6.97. The second-order valence-electron chi connectivity index (χ2n) is 5.28. The van der Waals surface area contributed by atoms with Crippen molar-refractivity contribution in [1.82, 2.24) is 9.78 Å². The Morgan fingerprint density at radius 3 is 2.67 bits per heavy atom. The van der Waals surface area contributed by atoms with Gasteiger partial charge in [0.1, 0.15) is 0 Å². The molecule has 1 unspecified atom stereocenters. The molecule has 18 heavy (non-hydrogen) atoms. The zero-order valence-electron chi connectivity index (χ0n) is 11.3. The molecule has 2 nitrogen and oxygen atoms in total. The van der Waals surface area contributed by atoms with E-state index >= 15 is 0 Å². The highest BCUT2D eigenvalue weighted by atomic mass is 79.9. The van der Waals surface area contributed by atoms with Crippen molar-refractivity contribution in [3.63, 3.8) is 0 Å². The van der Waals surface area contributed by atoms with E-state index in [1.165, 1.54) is 31.4 Å². The van der Waals surface area contributed by atoms with Crippen LogP contribution in [0.3, 0.4) is 0 Å². The van der Waals surface area contributed by atoms with Gasteiger partial charge in [0.2, 0.25) is 0 Å². The lowest BCUT2D eigenvalue weighted by atomic mass is 9.99. The molecule has 0 radical (unpaired) electrons. The lowest BCUT2D eigenvalue weighted by molar-refractivity contribution is 0.500. The number of aryl methyl sites for hydroxylation is 2. The number of hydrogen-bond donors (Lipinski definition) is 0. The first kappa shape index (κ1) is 14.4. The van der Waals surface area contributed by atoms with Gasteiger partial charge in [0.05, 0.1) is 16.4 Å². The van der Waals surface area contributed by atoms with Crippen LogP contribution in [-0.2, 0) is 19.9 Å². The van der Waals surface area contributed by atoms with Gasteiger partial charge in [-0.2, -0.15) is 5.10 Å². The molecule has 1 aromatic heterocycles. The van der Waals surface area contributed by atoms with Crippen molar-refractivity contribution in [1.29, 1.82) is 0 Å². The van der Waals surface area contributed by atoms with Gasteiger partial charge < -0.3 is 0 Å². The smallest absolute Gasteiger partial charge is 0.0849 e. The summed E-state index contributed by atoms with van der Waals surface area (Å²) in [5.41, 5.74) is 2.22. The number of aromatic nitrogens is 2. The van der Waals surface area contributed by atoms with Gasteiger partial charge in [-0.05, 0) is 38.0 Å². The van der Waals surface area contributed by atoms with Gasteiger partial charge in [-0.15, -0.1) is 0 Å². The molecule has 0 N–H and O–H groups in total. The first-order valence-corrected chi connectivity index (χ1v) is 8.27. The Morgan fingerprint density at radius 1 is 1.44 bits per heavy atom. The van der Waals surface area contributed by atoms with Crippen LogP contribution >= 0.6 is 27.5 Å². The van der Waals surface area contributed by atoms with E-state index in [4.69, 9.17) is 11.6 Å². The number of hydrogen-bond acceptors (Lipinski definition) is 1. The Bertz CT molecular complexity index is 397. The molecule has 0 spiro atoms. The summed E-state index contributed by atoms with van der Waals surface area (Å²) in [6.07, 6.45) is 8.66. The lowest BCUT2D eigenvalue weighted by Gasteiger charge is -2.16. The first-order chi connectivity index (χ1) is 8.63. The van der Waals surface area contributed by atoms with Gasteiger partial charge in [-0.25, -0.2) is 0 Å². The fraction of sp³-hybridized carbons (Fsp3) is 0.786. The third-order valence-corrected chi connectivity index (χ3v) is 5.71. The molecule has 0 saturated heterocycles. The highest BCUT2D eigenvalue weighted by Gasteiger charge is 2.23. The van der Waals surface area contributed by atoms with Crippen LogP contribution in [0.25, 0.3) is 0 Å². The Kier molecular flexibility index (Phi) is 5.14. The van der Waals surface area contributed by atoms with Crippen molar-refractivity contribution < 1.29 is 0 Å². The third kappa shape index (κ3) is 3.11. The normalized spacial score (nSPS) is 18.4. The molecule has 1 saturated carbocycles. The van der Waals surface area contributed by atoms with Crippen molar-refractivity contribution in [2.24, 2.45) is 13.0 Å². The van der Waals surface area contributed by atoms with Gasteiger partial charge in [0, 0.05) is 11.9 Å². The summed E-state index contributed by atoms with van der Waals surface area (Å²) < 4.78 is 1.95. The average molecular weight is 334 g/mol. The standard InChI is InChI=1S/C14H22BrClN2/c1-3-12-14(16)13(18(2)17-12)9-8-11(15)10-6-4-5-7-10/h10-11H,3-9H2,1-2H3. The Morgan fingerprint density at radius 2 is 2.11 bits per heavy atom. The maximum absolute atomic E-state index is 6.37. The zero-order valence-corrected chi connectivity index (χ0v) is 13.6. The lowest BCUT2D eigenvalue weighted by Crippen LogP contribution is -2.12. The number of halogens is 2. The van der Waals surface area contributed by atoms with Crippen molar-refractivity contribution >= 4 is 27.5 Å². The zero-order chi connectivity index (χ0) is 13.1. The molecule has 1 aliphatic carbocycles. The summed E-state index contributed by atoms with van der Waals surface area (Å²) in [6, 6.07) is 0. The molecule has 1 heterocycles. The summed E-state index contributed by atoms with van der Waals surface area (Å²) in [5, 5.41) is 5.35. The van der Waals surface area contributed by atoms with Crippen LogP contribution in [0.1, 0.15) is 50.4 Å². The summed E-state index contributed by atoms with van der Waals surface area (Å²) in [7, 11) is 2.00. The van der Waals surface area contributed by atoms with E-state index < -0.39 is 0 Å². The van der Waals surface area contributed by atoms with Crippen LogP contribution in [0.5, 0.6) is 0 Å². The highest BCUT2D eigenvalue weighted by molar-refractivity contribution is 9.09. The fourth-order valence-corrected chi connectivity index (χ4v) is 4.07. The second-order valence-corrected chi connectivity index (χ2v) is 6.84. The summed E-state index contributed by atoms with van der Waals surface area (Å²) in [5.74, 6) is 0.864. The SMILES string of the molecule is CCc1nn(C)c(CCC(Br)C2CCCC2)c1Cl. The molecule has 1 fully saturated rings. The summed E-state index contributed by atoms with van der Waals surface area (Å²) >= 11 is 10.2. The van der Waals surface area contributed by atoms with E-state index in [9.17, 15) is 0 Å². The maximum atomic E-state index is 6.37. The monoisotopic (exact) mass is 332 g/mol. The van der Waals surface area contributed by atoms with Crippen LogP contribution in [-0.4, -0.2) is 14.6 Å². The minimum atomic E-state index is 0.635. The van der Waals surface area contributed by atoms with Crippen molar-refractivity contribution in [2.75, 3.05) is 0 Å². The van der Waals surface area contributed by atoms with E-state index in [0.29, 0.717) is 4.83 Å². The molecule has 1 aliphatic rings. The van der Waals surface area contributed by atoms with Crippen molar-refractivity contribution in [2.45, 2.75) is 56.7 Å². The van der Waals surface area contributed by atoms with Gasteiger partial charge >= 0.3 is 0 Å². The van der Waals surface area contributed by atoms with E-state index in [1.54, 1.807) is 0 Å². The van der Waals surface area contributed by atoms with E-state index in [-0.39, 0.29) is 0 Å². The Labute approximate surface area is 123 Å². The third-order valence-electron chi connectivity index (χ3n) is 4.07.